The van der Waals surface area contributed by atoms with Crippen LogP contribution in [0.4, 0.5) is 9.59 Å². The molecule has 0 atom stereocenters. The summed E-state index contributed by atoms with van der Waals surface area (Å²) in [6.45, 7) is 19.6. The number of hydrogen-bond acceptors (Lipinski definition) is 10. The van der Waals surface area contributed by atoms with Gasteiger partial charge in [0.25, 0.3) is 0 Å². The second kappa shape index (κ2) is 15.0. The van der Waals surface area contributed by atoms with Crippen LogP contribution in [0.2, 0.25) is 0 Å². The summed E-state index contributed by atoms with van der Waals surface area (Å²) in [7, 11) is 0. The van der Waals surface area contributed by atoms with Gasteiger partial charge in [0.05, 0.1) is 33.5 Å². The summed E-state index contributed by atoms with van der Waals surface area (Å²) in [5, 5.41) is 1.67. The summed E-state index contributed by atoms with van der Waals surface area (Å²) in [6, 6.07) is 0. The number of nitrogens with one attached hydrogen (secondary N) is 2. The highest BCUT2D eigenvalue weighted by molar-refractivity contribution is 7.24. The van der Waals surface area contributed by atoms with Crippen LogP contribution in [-0.2, 0) is 22.3 Å². The van der Waals surface area contributed by atoms with Gasteiger partial charge in [0.2, 0.25) is 0 Å². The molecule has 46 heavy (non-hydrogen) atoms. The summed E-state index contributed by atoms with van der Waals surface area (Å²) in [5.41, 5.74) is 0.748. The number of H-pyrrole nitrogens is 2. The summed E-state index contributed by atoms with van der Waals surface area (Å²) in [5.74, 6) is 1.77. The van der Waals surface area contributed by atoms with E-state index in [9.17, 15) is 9.59 Å². The molecular weight excluding hydrogens is 625 g/mol. The van der Waals surface area contributed by atoms with Gasteiger partial charge in [-0.25, -0.2) is 19.9 Å². The Bertz CT molecular complexity index is 1550. The molecule has 246 valence electrons. The van der Waals surface area contributed by atoms with Gasteiger partial charge in [-0.2, -0.15) is 9.59 Å². The molecule has 4 rings (SSSR count). The average Bonchev–Trinajstić information content (AvgIpc) is 3.77. The van der Waals surface area contributed by atoms with Crippen molar-refractivity contribution in [2.75, 3.05) is 13.1 Å². The molecule has 4 heterocycles. The van der Waals surface area contributed by atoms with Gasteiger partial charge < -0.3 is 19.4 Å². The fraction of sp³-hybridized carbons (Fsp3) is 0.500. The van der Waals surface area contributed by atoms with Crippen molar-refractivity contribution in [2.24, 2.45) is 0 Å². The van der Waals surface area contributed by atoms with E-state index in [1.807, 2.05) is 66.3 Å². The maximum Gasteiger partial charge on any atom is 0.596 e. The van der Waals surface area contributed by atoms with Crippen molar-refractivity contribution >= 4 is 48.3 Å². The van der Waals surface area contributed by atoms with E-state index in [0.29, 0.717) is 13.1 Å². The first-order valence-electron chi connectivity index (χ1n) is 15.3. The number of amides is 2. The highest BCUT2D eigenvalue weighted by Gasteiger charge is 2.25. The normalized spacial score (nSPS) is 11.9. The Morgan fingerprint density at radius 3 is 1.43 bits per heavy atom. The smallest absolute Gasteiger partial charge is 0.406 e. The molecule has 0 spiro atoms. The zero-order valence-corrected chi connectivity index (χ0v) is 29.1. The molecular formula is C32H44N8O4S2+2. The van der Waals surface area contributed by atoms with Crippen LogP contribution in [-0.4, -0.2) is 89.0 Å². The van der Waals surface area contributed by atoms with Crippen molar-refractivity contribution in [2.45, 2.75) is 91.3 Å². The first-order valence-corrected chi connectivity index (χ1v) is 16.9. The summed E-state index contributed by atoms with van der Waals surface area (Å²) in [6.07, 6.45) is 11.3. The fourth-order valence-corrected chi connectivity index (χ4v) is 6.05. The third kappa shape index (κ3) is 10.5. The summed E-state index contributed by atoms with van der Waals surface area (Å²) < 4.78 is 13.4. The van der Waals surface area contributed by atoms with Gasteiger partial charge >= 0.3 is 12.2 Å². The number of aryl methyl sites for hydroxylation is 2. The van der Waals surface area contributed by atoms with E-state index in [2.05, 4.69) is 43.3 Å². The number of imidazole rings is 2. The van der Waals surface area contributed by atoms with Crippen LogP contribution in [0, 0.1) is 0 Å². The molecule has 0 aliphatic rings. The van der Waals surface area contributed by atoms with Crippen molar-refractivity contribution < 1.29 is 28.2 Å². The summed E-state index contributed by atoms with van der Waals surface area (Å²) >= 11 is 3.12. The molecule has 4 aromatic rings. The standard InChI is InChI=1S/C32H44N8O4S2/c1-31(2,3)43-29(41)39(7)15-11-9-13-25-33-17-21(37-25)23-19-35-27(45-23)28-36-20-24(46-28)22-18-34-26(38-22)14-10-12-16-40(8)30(42)44-32(4,5)6/h17-20H,7-16H2,1-6H3,(H,33,37)(H,34,38)/q+2. The lowest BCUT2D eigenvalue weighted by atomic mass is 10.2. The van der Waals surface area contributed by atoms with E-state index in [0.717, 1.165) is 81.3 Å². The number of aromatic amines is 2. The lowest BCUT2D eigenvalue weighted by molar-refractivity contribution is -0.443. The molecule has 2 N–H and O–H groups in total. The van der Waals surface area contributed by atoms with Gasteiger partial charge in [-0.1, -0.05) is 0 Å². The number of carbonyl (C=O) groups is 2. The van der Waals surface area contributed by atoms with Crippen LogP contribution in [0.5, 0.6) is 0 Å². The Balaban J connectivity index is 1.23. The Morgan fingerprint density at radius 1 is 0.674 bits per heavy atom. The number of hydrogen-bond donors (Lipinski definition) is 2. The van der Waals surface area contributed by atoms with Gasteiger partial charge in [-0.05, 0) is 54.4 Å². The third-order valence-electron chi connectivity index (χ3n) is 6.47. The van der Waals surface area contributed by atoms with E-state index in [-0.39, 0.29) is 0 Å². The van der Waals surface area contributed by atoms with E-state index >= 15 is 0 Å². The topological polar surface area (TPSA) is 142 Å². The largest absolute Gasteiger partial charge is 0.596 e. The molecule has 0 fully saturated rings. The Labute approximate surface area is 277 Å². The van der Waals surface area contributed by atoms with Gasteiger partial charge in [0.15, 0.2) is 23.1 Å². The van der Waals surface area contributed by atoms with Crippen LogP contribution in [0.3, 0.4) is 0 Å². The third-order valence-corrected chi connectivity index (χ3v) is 8.67. The van der Waals surface area contributed by atoms with Crippen LogP contribution >= 0.6 is 22.7 Å². The Hall–Kier alpha value is -4.04. The molecule has 0 radical (unpaired) electrons. The number of thiazole rings is 2. The zero-order valence-electron chi connectivity index (χ0n) is 27.5. The number of unbranched alkanes of at least 4 members (excludes halogenated alkanes) is 2. The number of carbonyl (C=O) groups excluding carboxylic acids is 2. The zero-order chi connectivity index (χ0) is 33.5. The number of aromatic nitrogens is 6. The minimum absolute atomic E-state index is 0.415. The monoisotopic (exact) mass is 668 g/mol. The van der Waals surface area contributed by atoms with Crippen LogP contribution < -0.4 is 0 Å². The molecule has 0 unspecified atom stereocenters. The number of rotatable bonds is 13. The molecule has 2 amide bonds. The second-order valence-electron chi connectivity index (χ2n) is 12.9. The maximum absolute atomic E-state index is 12.1. The molecule has 12 nitrogen and oxygen atoms in total. The van der Waals surface area contributed by atoms with Gasteiger partial charge in [0.1, 0.15) is 36.3 Å². The molecule has 0 saturated heterocycles. The first kappa shape index (κ1) is 34.8. The van der Waals surface area contributed by atoms with Crippen molar-refractivity contribution in [1.82, 2.24) is 29.9 Å². The van der Waals surface area contributed by atoms with Crippen LogP contribution in [0.15, 0.2) is 24.8 Å². The minimum atomic E-state index is -0.537. The van der Waals surface area contributed by atoms with Gasteiger partial charge in [0, 0.05) is 38.1 Å². The van der Waals surface area contributed by atoms with Crippen LogP contribution in [0.1, 0.15) is 78.9 Å². The Kier molecular flexibility index (Phi) is 11.4. The lowest BCUT2D eigenvalue weighted by Gasteiger charge is -2.16. The highest BCUT2D eigenvalue weighted by atomic mass is 32.1. The van der Waals surface area contributed by atoms with Crippen LogP contribution in [0.25, 0.3) is 31.2 Å². The fourth-order valence-electron chi connectivity index (χ4n) is 4.25. The molecule has 4 aromatic heterocycles. The molecule has 0 saturated carbocycles. The SMILES string of the molecule is C=[N+](CCCCc1ncc(-c2cnc(-c3ncc(-c4cnc(CCCC[N+](=C)C(=O)OC(C)(C)C)[nH]4)s3)s2)[nH]1)C(=O)OC(C)(C)C. The van der Waals surface area contributed by atoms with Gasteiger partial charge in [-0.3, -0.25) is 0 Å². The summed E-state index contributed by atoms with van der Waals surface area (Å²) in [4.78, 5) is 51.2. The molecule has 0 aromatic carbocycles. The van der Waals surface area contributed by atoms with E-state index in [1.165, 1.54) is 9.15 Å². The second-order valence-corrected chi connectivity index (χ2v) is 15.0. The minimum Gasteiger partial charge on any atom is -0.406 e. The quantitative estimate of drug-likeness (QED) is 0.0882. The molecule has 0 aliphatic carbocycles. The van der Waals surface area contributed by atoms with Gasteiger partial charge in [-0.15, -0.1) is 31.8 Å². The predicted octanol–water partition coefficient (Wildman–Crippen LogP) is 6.99. The Morgan fingerprint density at radius 2 is 1.07 bits per heavy atom. The van der Waals surface area contributed by atoms with Crippen molar-refractivity contribution in [1.29, 1.82) is 0 Å². The molecule has 14 heteroatoms. The predicted molar refractivity (Wildman–Crippen MR) is 181 cm³/mol. The number of nitrogens with zero attached hydrogens (tertiary/aromatic N) is 6. The van der Waals surface area contributed by atoms with Crippen molar-refractivity contribution in [3.63, 3.8) is 0 Å². The lowest BCUT2D eigenvalue weighted by Crippen LogP contribution is -2.30. The number of ether oxygens (including phenoxy) is 2. The van der Waals surface area contributed by atoms with Crippen molar-refractivity contribution in [3.05, 3.63) is 36.4 Å². The van der Waals surface area contributed by atoms with E-state index in [1.54, 1.807) is 22.7 Å². The highest BCUT2D eigenvalue weighted by Crippen LogP contribution is 2.36. The van der Waals surface area contributed by atoms with E-state index in [4.69, 9.17) is 9.47 Å². The molecule has 0 bridgehead atoms. The first-order chi connectivity index (χ1) is 21.7. The van der Waals surface area contributed by atoms with E-state index < -0.39 is 23.4 Å². The van der Waals surface area contributed by atoms with Crippen molar-refractivity contribution in [3.8, 4) is 31.2 Å². The maximum atomic E-state index is 12.1. The average molecular weight is 669 g/mol. The molecule has 0 aliphatic heterocycles.